The minimum absolute atomic E-state index is 0.141. The first-order chi connectivity index (χ1) is 12.0. The maximum Gasteiger partial charge on any atom is 0.264 e. The number of nitrogens with zero attached hydrogens (tertiary/aromatic N) is 1. The zero-order chi connectivity index (χ0) is 18.4. The summed E-state index contributed by atoms with van der Waals surface area (Å²) in [6, 6.07) is 11.8. The highest BCUT2D eigenvalue weighted by atomic mass is 32.2. The van der Waals surface area contributed by atoms with Gasteiger partial charge in [-0.1, -0.05) is 6.08 Å². The molecule has 2 rings (SSSR count). The van der Waals surface area contributed by atoms with Crippen molar-refractivity contribution in [3.8, 4) is 11.5 Å². The molecule has 0 atom stereocenters. The van der Waals surface area contributed by atoms with E-state index in [1.165, 1.54) is 18.5 Å². The molecule has 0 amide bonds. The van der Waals surface area contributed by atoms with E-state index in [4.69, 9.17) is 9.47 Å². The lowest BCUT2D eigenvalue weighted by Gasteiger charge is -2.24. The fraction of sp³-hybridized carbons (Fsp3) is 0.222. The minimum Gasteiger partial charge on any atom is -0.493 e. The van der Waals surface area contributed by atoms with Gasteiger partial charge in [-0.3, -0.25) is 4.31 Å². The first kappa shape index (κ1) is 19.2. The summed E-state index contributed by atoms with van der Waals surface area (Å²) in [7, 11) is -0.689. The number of hydrogen-bond donors (Lipinski definition) is 0. The van der Waals surface area contributed by atoms with Crippen LogP contribution in [0.1, 0.15) is 0 Å². The van der Waals surface area contributed by atoms with Crippen molar-refractivity contribution in [3.63, 3.8) is 0 Å². The average Bonchev–Trinajstić information content (AvgIpc) is 2.65. The lowest BCUT2D eigenvalue weighted by Crippen LogP contribution is -2.31. The lowest BCUT2D eigenvalue weighted by molar-refractivity contribution is 0.355. The Balaban J connectivity index is 2.50. The van der Waals surface area contributed by atoms with Crippen LogP contribution < -0.4 is 13.8 Å². The lowest BCUT2D eigenvalue weighted by atomic mass is 10.2. The summed E-state index contributed by atoms with van der Waals surface area (Å²) in [6.07, 6.45) is 3.49. The van der Waals surface area contributed by atoms with Crippen molar-refractivity contribution in [2.45, 2.75) is 9.79 Å². The van der Waals surface area contributed by atoms with Crippen LogP contribution in [0.2, 0.25) is 0 Å². The predicted octanol–water partition coefficient (Wildman–Crippen LogP) is 3.81. The average molecular weight is 380 g/mol. The van der Waals surface area contributed by atoms with Gasteiger partial charge in [-0.05, 0) is 42.7 Å². The Bertz CT molecular complexity index is 833. The number of methoxy groups -OCH3 is 2. The molecule has 2 aromatic carbocycles. The number of rotatable bonds is 8. The number of benzene rings is 2. The van der Waals surface area contributed by atoms with Crippen molar-refractivity contribution >= 4 is 27.5 Å². The molecule has 0 N–H and O–H groups in total. The maximum absolute atomic E-state index is 13.1. The summed E-state index contributed by atoms with van der Waals surface area (Å²) in [5.74, 6) is 0.994. The molecule has 5 nitrogen and oxygen atoms in total. The van der Waals surface area contributed by atoms with Crippen molar-refractivity contribution in [3.05, 3.63) is 55.1 Å². The van der Waals surface area contributed by atoms with E-state index in [0.717, 1.165) is 4.90 Å². The first-order valence-corrected chi connectivity index (χ1v) is 10.1. The zero-order valence-corrected chi connectivity index (χ0v) is 16.1. The van der Waals surface area contributed by atoms with Crippen LogP contribution in [0.25, 0.3) is 0 Å². The molecular formula is C18H21NO4S2. The molecule has 0 unspecified atom stereocenters. The monoisotopic (exact) mass is 379 g/mol. The Morgan fingerprint density at radius 1 is 1.08 bits per heavy atom. The molecule has 2 aromatic rings. The second-order valence-electron chi connectivity index (χ2n) is 5.04. The highest BCUT2D eigenvalue weighted by Crippen LogP contribution is 2.34. The number of hydrogen-bond acceptors (Lipinski definition) is 5. The van der Waals surface area contributed by atoms with Crippen LogP contribution in [0, 0.1) is 0 Å². The molecule has 0 bridgehead atoms. The van der Waals surface area contributed by atoms with Gasteiger partial charge in [-0.2, -0.15) is 0 Å². The molecule has 134 valence electrons. The van der Waals surface area contributed by atoms with Crippen LogP contribution in [-0.4, -0.2) is 35.4 Å². The van der Waals surface area contributed by atoms with E-state index in [1.807, 2.05) is 6.26 Å². The molecule has 0 fully saturated rings. The van der Waals surface area contributed by atoms with E-state index in [-0.39, 0.29) is 11.4 Å². The van der Waals surface area contributed by atoms with Gasteiger partial charge in [0.15, 0.2) is 11.5 Å². The molecule has 0 aliphatic heterocycles. The molecule has 7 heteroatoms. The molecule has 0 aliphatic carbocycles. The van der Waals surface area contributed by atoms with Crippen LogP contribution in [0.4, 0.5) is 5.69 Å². The van der Waals surface area contributed by atoms with E-state index in [1.54, 1.807) is 60.3 Å². The van der Waals surface area contributed by atoms with Gasteiger partial charge in [-0.25, -0.2) is 8.42 Å². The van der Waals surface area contributed by atoms with E-state index in [9.17, 15) is 8.42 Å². The van der Waals surface area contributed by atoms with Gasteiger partial charge in [0, 0.05) is 11.0 Å². The molecule has 0 radical (unpaired) electrons. The van der Waals surface area contributed by atoms with E-state index < -0.39 is 10.0 Å². The number of ether oxygens (including phenoxy) is 2. The summed E-state index contributed by atoms with van der Waals surface area (Å²) < 4.78 is 37.9. The first-order valence-electron chi connectivity index (χ1n) is 7.47. The highest BCUT2D eigenvalue weighted by Gasteiger charge is 2.25. The fourth-order valence-corrected chi connectivity index (χ4v) is 4.15. The topological polar surface area (TPSA) is 55.8 Å². The van der Waals surface area contributed by atoms with Crippen LogP contribution in [0.15, 0.2) is 64.9 Å². The molecule has 25 heavy (non-hydrogen) atoms. The molecular weight excluding hydrogens is 358 g/mol. The van der Waals surface area contributed by atoms with Gasteiger partial charge >= 0.3 is 0 Å². The second-order valence-corrected chi connectivity index (χ2v) is 7.78. The molecule has 0 heterocycles. The SMILES string of the molecule is C=CCN(c1ccc(OC)c(OC)c1)S(=O)(=O)c1ccc(SC)cc1. The minimum atomic E-state index is -3.73. The maximum atomic E-state index is 13.1. The van der Waals surface area contributed by atoms with Crippen LogP contribution in [-0.2, 0) is 10.0 Å². The Labute approximate surface area is 153 Å². The Kier molecular flexibility index (Phi) is 6.39. The van der Waals surface area contributed by atoms with Crippen molar-refractivity contribution in [1.82, 2.24) is 0 Å². The molecule has 0 aromatic heterocycles. The van der Waals surface area contributed by atoms with Gasteiger partial charge in [0.05, 0.1) is 31.3 Å². The number of sulfonamides is 1. The number of anilines is 1. The standard InChI is InChI=1S/C18H21NO4S2/c1-5-12-19(14-6-11-17(22-2)18(13-14)23-3)25(20,21)16-9-7-15(24-4)8-10-16/h5-11,13H,1,12H2,2-4H3. The predicted molar refractivity (Wildman–Crippen MR) is 102 cm³/mol. The van der Waals surface area contributed by atoms with Crippen LogP contribution >= 0.6 is 11.8 Å². The Morgan fingerprint density at radius 2 is 1.72 bits per heavy atom. The van der Waals surface area contributed by atoms with Crippen molar-refractivity contribution < 1.29 is 17.9 Å². The second kappa shape index (κ2) is 8.31. The third-order valence-electron chi connectivity index (χ3n) is 3.60. The molecule has 0 saturated carbocycles. The quantitative estimate of drug-likeness (QED) is 0.516. The van der Waals surface area contributed by atoms with Gasteiger partial charge in [0.2, 0.25) is 0 Å². The highest BCUT2D eigenvalue weighted by molar-refractivity contribution is 7.98. The summed E-state index contributed by atoms with van der Waals surface area (Å²) in [4.78, 5) is 1.22. The summed E-state index contributed by atoms with van der Waals surface area (Å²) in [5, 5.41) is 0. The van der Waals surface area contributed by atoms with Gasteiger partial charge in [0.1, 0.15) is 0 Å². The van der Waals surface area contributed by atoms with Crippen LogP contribution in [0.3, 0.4) is 0 Å². The fourth-order valence-electron chi connectivity index (χ4n) is 2.31. The van der Waals surface area contributed by atoms with E-state index in [2.05, 4.69) is 6.58 Å². The molecule has 0 aliphatic rings. The Hall–Kier alpha value is -2.12. The summed E-state index contributed by atoms with van der Waals surface area (Å²) >= 11 is 1.56. The third kappa shape index (κ3) is 4.11. The van der Waals surface area contributed by atoms with E-state index in [0.29, 0.717) is 17.2 Å². The van der Waals surface area contributed by atoms with E-state index >= 15 is 0 Å². The summed E-state index contributed by atoms with van der Waals surface area (Å²) in [6.45, 7) is 3.81. The third-order valence-corrected chi connectivity index (χ3v) is 6.15. The largest absolute Gasteiger partial charge is 0.493 e. The summed E-state index contributed by atoms with van der Waals surface area (Å²) in [5.41, 5.74) is 0.478. The van der Waals surface area contributed by atoms with Gasteiger partial charge in [-0.15, -0.1) is 18.3 Å². The molecule has 0 saturated heterocycles. The van der Waals surface area contributed by atoms with Crippen LogP contribution in [0.5, 0.6) is 11.5 Å². The smallest absolute Gasteiger partial charge is 0.264 e. The van der Waals surface area contributed by atoms with Crippen molar-refractivity contribution in [1.29, 1.82) is 0 Å². The van der Waals surface area contributed by atoms with Gasteiger partial charge in [0.25, 0.3) is 10.0 Å². The van der Waals surface area contributed by atoms with Crippen molar-refractivity contribution in [2.24, 2.45) is 0 Å². The molecule has 0 spiro atoms. The van der Waals surface area contributed by atoms with Gasteiger partial charge < -0.3 is 9.47 Å². The van der Waals surface area contributed by atoms with Crippen molar-refractivity contribution in [2.75, 3.05) is 31.3 Å². The number of thioether (sulfide) groups is 1. The normalized spacial score (nSPS) is 11.0. The Morgan fingerprint density at radius 3 is 2.24 bits per heavy atom. The zero-order valence-electron chi connectivity index (χ0n) is 14.4.